The van der Waals surface area contributed by atoms with Crippen molar-refractivity contribution in [3.05, 3.63) is 106 Å². The summed E-state index contributed by atoms with van der Waals surface area (Å²) in [4.78, 5) is 26.9. The van der Waals surface area contributed by atoms with Gasteiger partial charge < -0.3 is 24.7 Å². The minimum absolute atomic E-state index is 0.0524. The van der Waals surface area contributed by atoms with Crippen LogP contribution in [0.2, 0.25) is 10.0 Å². The molecule has 2 amide bonds. The number of hydrogen-bond acceptors (Lipinski definition) is 6. The minimum Gasteiger partial charge on any atom is -0.508 e. The summed E-state index contributed by atoms with van der Waals surface area (Å²) in [6.07, 6.45) is -1.64. The van der Waals surface area contributed by atoms with Crippen molar-refractivity contribution in [3.8, 4) is 17.2 Å². The van der Waals surface area contributed by atoms with E-state index in [2.05, 4.69) is 10.6 Å². The van der Waals surface area contributed by atoms with Crippen LogP contribution in [-0.4, -0.2) is 27.2 Å². The number of nitrogens with one attached hydrogen (secondary N) is 2. The highest BCUT2D eigenvalue weighted by Crippen LogP contribution is 2.26. The number of halogens is 2. The Bertz CT molecular complexity index is 1500. The van der Waals surface area contributed by atoms with Crippen LogP contribution in [0.3, 0.4) is 0 Å². The first-order valence-corrected chi connectivity index (χ1v) is 13.7. The van der Waals surface area contributed by atoms with Crippen LogP contribution in [0.15, 0.2) is 89.8 Å². The Hall–Kier alpha value is -4.05. The van der Waals surface area contributed by atoms with Crippen LogP contribution in [0, 0.1) is 13.8 Å². The molecule has 0 fully saturated rings. The first kappa shape index (κ1) is 28.9. The highest BCUT2D eigenvalue weighted by atomic mass is 35.5. The number of aryl methyl sites for hydroxylation is 2. The number of ether oxygens (including phenoxy) is 1. The van der Waals surface area contributed by atoms with E-state index in [0.29, 0.717) is 32.1 Å². The lowest BCUT2D eigenvalue weighted by atomic mass is 10.2. The molecule has 0 aliphatic heterocycles. The molecule has 4 aromatic rings. The van der Waals surface area contributed by atoms with Crippen LogP contribution in [0.25, 0.3) is 0 Å². The highest BCUT2D eigenvalue weighted by molar-refractivity contribution is 7.80. The average molecular weight is 599 g/mol. The van der Waals surface area contributed by atoms with Gasteiger partial charge in [0.1, 0.15) is 17.2 Å². The van der Waals surface area contributed by atoms with E-state index in [4.69, 9.17) is 32.1 Å². The molecular weight excluding hydrogens is 575 g/mol. The molecule has 4 aromatic carbocycles. The second-order valence-electron chi connectivity index (χ2n) is 8.73. The van der Waals surface area contributed by atoms with E-state index in [9.17, 15) is 18.9 Å². The summed E-state index contributed by atoms with van der Waals surface area (Å²) in [5.74, 6) is -1.02. The van der Waals surface area contributed by atoms with Crippen LogP contribution in [0.4, 0.5) is 11.4 Å². The van der Waals surface area contributed by atoms with Gasteiger partial charge in [-0.25, -0.2) is 4.21 Å². The number of carbonyl (C=O) groups is 2. The second-order valence-corrected chi connectivity index (χ2v) is 10.6. The number of anilines is 2. The van der Waals surface area contributed by atoms with Gasteiger partial charge in [-0.3, -0.25) is 9.59 Å². The molecule has 0 aliphatic rings. The Labute approximate surface area is 243 Å². The van der Waals surface area contributed by atoms with Gasteiger partial charge in [0.15, 0.2) is 0 Å². The first-order valence-electron chi connectivity index (χ1n) is 11.9. The van der Waals surface area contributed by atoms with Crippen LogP contribution in [0.5, 0.6) is 17.2 Å². The molecule has 0 heterocycles. The maximum absolute atomic E-state index is 13.3. The monoisotopic (exact) mass is 598 g/mol. The molecule has 0 spiro atoms. The van der Waals surface area contributed by atoms with Gasteiger partial charge in [0.25, 0.3) is 17.9 Å². The maximum atomic E-state index is 13.3. The molecular formula is C29H24Cl2N2O6S. The van der Waals surface area contributed by atoms with Gasteiger partial charge in [-0.05, 0) is 97.8 Å². The molecule has 0 radical (unpaired) electrons. The van der Waals surface area contributed by atoms with Crippen molar-refractivity contribution in [2.24, 2.45) is 0 Å². The lowest BCUT2D eigenvalue weighted by Crippen LogP contribution is -2.43. The molecule has 0 bridgehead atoms. The topological polar surface area (TPSA) is 114 Å². The average Bonchev–Trinajstić information content (AvgIpc) is 2.93. The number of rotatable bonds is 9. The zero-order valence-corrected chi connectivity index (χ0v) is 23.6. The van der Waals surface area contributed by atoms with Gasteiger partial charge in [-0.15, -0.1) is 0 Å². The fourth-order valence-electron chi connectivity index (χ4n) is 3.50. The van der Waals surface area contributed by atoms with Crippen LogP contribution >= 0.6 is 23.2 Å². The number of phenolic OH excluding ortho intramolecular Hbond substituents is 1. The van der Waals surface area contributed by atoms with E-state index in [0.717, 1.165) is 11.1 Å². The van der Waals surface area contributed by atoms with Crippen molar-refractivity contribution in [1.82, 2.24) is 0 Å². The number of amides is 2. The summed E-state index contributed by atoms with van der Waals surface area (Å²) in [5.41, 5.74) is 2.34. The third kappa shape index (κ3) is 7.53. The first-order chi connectivity index (χ1) is 19.1. The minimum atomic E-state index is -1.87. The fraction of sp³-hybridized carbons (Fsp3) is 0.103. The smallest absolute Gasteiger partial charge is 0.275 e. The molecule has 0 aliphatic carbocycles. The summed E-state index contributed by atoms with van der Waals surface area (Å²) in [7, 11) is 0. The second kappa shape index (κ2) is 12.9. The standard InChI is InChI=1S/C29H24Cl2N2O6S/c1-17-3-13-23(30)25(15-17)32-28(35)27(29(36)33-26-16-18(2)4-14-24(26)31)38-20-9-11-22(12-10-20)40(37)39-21-7-5-19(34)6-8-21/h3-16,27,34H,1-2H3,(H,32,35)(H,33,36). The number of benzene rings is 4. The highest BCUT2D eigenvalue weighted by Gasteiger charge is 2.30. The number of carbonyl (C=O) groups excluding carboxylic acids is 2. The van der Waals surface area contributed by atoms with Gasteiger partial charge in [0.05, 0.1) is 26.3 Å². The fourth-order valence-corrected chi connectivity index (χ4v) is 4.57. The Morgan fingerprint density at radius 1 is 0.750 bits per heavy atom. The van der Waals surface area contributed by atoms with Gasteiger partial charge in [0, 0.05) is 0 Å². The maximum Gasteiger partial charge on any atom is 0.275 e. The summed E-state index contributed by atoms with van der Waals surface area (Å²) in [6, 6.07) is 21.8. The molecule has 0 aromatic heterocycles. The Balaban J connectivity index is 1.54. The molecule has 0 saturated heterocycles. The third-order valence-corrected chi connectivity index (χ3v) is 7.17. The van der Waals surface area contributed by atoms with Gasteiger partial charge in [-0.2, -0.15) is 0 Å². The summed E-state index contributed by atoms with van der Waals surface area (Å²) >= 11 is 10.6. The third-order valence-electron chi connectivity index (χ3n) is 5.51. The van der Waals surface area contributed by atoms with Crippen molar-refractivity contribution >= 4 is 57.5 Å². The van der Waals surface area contributed by atoms with Crippen molar-refractivity contribution in [2.75, 3.05) is 10.6 Å². The Morgan fingerprint density at radius 2 is 1.23 bits per heavy atom. The molecule has 4 rings (SSSR count). The molecule has 40 heavy (non-hydrogen) atoms. The largest absolute Gasteiger partial charge is 0.508 e. The summed E-state index contributed by atoms with van der Waals surface area (Å²) < 4.78 is 23.8. The predicted octanol–water partition coefficient (Wildman–Crippen LogP) is 6.44. The summed E-state index contributed by atoms with van der Waals surface area (Å²) in [5, 5.41) is 15.3. The molecule has 206 valence electrons. The lowest BCUT2D eigenvalue weighted by Gasteiger charge is -2.20. The quantitative estimate of drug-likeness (QED) is 0.191. The van der Waals surface area contributed by atoms with Crippen molar-refractivity contribution in [2.45, 2.75) is 24.8 Å². The number of aromatic hydroxyl groups is 1. The Kier molecular flexibility index (Phi) is 9.31. The number of phenols is 1. The van der Waals surface area contributed by atoms with E-state index in [-0.39, 0.29) is 11.5 Å². The summed E-state index contributed by atoms with van der Waals surface area (Å²) in [6.45, 7) is 3.67. The SMILES string of the molecule is Cc1ccc(Cl)c(NC(=O)C(Oc2ccc(S(=O)Oc3ccc(O)cc3)cc2)C(=O)Nc2cc(C)ccc2Cl)c1. The lowest BCUT2D eigenvalue weighted by molar-refractivity contribution is -0.133. The van der Waals surface area contributed by atoms with Crippen LogP contribution in [-0.2, 0) is 20.7 Å². The van der Waals surface area contributed by atoms with E-state index in [1.54, 1.807) is 36.4 Å². The van der Waals surface area contributed by atoms with E-state index >= 15 is 0 Å². The van der Waals surface area contributed by atoms with Crippen LogP contribution < -0.4 is 19.6 Å². The number of hydrogen-bond donors (Lipinski definition) is 3. The van der Waals surface area contributed by atoms with Crippen molar-refractivity contribution in [3.63, 3.8) is 0 Å². The zero-order chi connectivity index (χ0) is 28.8. The molecule has 1 unspecified atom stereocenters. The van der Waals surface area contributed by atoms with Gasteiger partial charge >= 0.3 is 0 Å². The van der Waals surface area contributed by atoms with E-state index < -0.39 is 29.0 Å². The van der Waals surface area contributed by atoms with Crippen LogP contribution in [0.1, 0.15) is 11.1 Å². The molecule has 8 nitrogen and oxygen atoms in total. The molecule has 1 atom stereocenters. The van der Waals surface area contributed by atoms with Crippen molar-refractivity contribution in [1.29, 1.82) is 0 Å². The zero-order valence-electron chi connectivity index (χ0n) is 21.3. The van der Waals surface area contributed by atoms with Gasteiger partial charge in [0.2, 0.25) is 11.1 Å². The van der Waals surface area contributed by atoms with E-state index in [1.807, 2.05) is 13.8 Å². The predicted molar refractivity (Wildman–Crippen MR) is 156 cm³/mol. The molecule has 0 saturated carbocycles. The Morgan fingerprint density at radius 3 is 1.73 bits per heavy atom. The van der Waals surface area contributed by atoms with E-state index in [1.165, 1.54) is 48.5 Å². The molecule has 3 N–H and O–H groups in total. The van der Waals surface area contributed by atoms with Gasteiger partial charge in [-0.1, -0.05) is 35.3 Å². The van der Waals surface area contributed by atoms with Crippen molar-refractivity contribution < 1.29 is 27.8 Å². The molecule has 11 heteroatoms. The normalized spacial score (nSPS) is 11.5.